The molecule has 1 rings (SSSR count). The Labute approximate surface area is 95.5 Å². The summed E-state index contributed by atoms with van der Waals surface area (Å²) in [6, 6.07) is 8.41. The normalized spacial score (nSPS) is 16.6. The minimum absolute atomic E-state index is 0.461. The van der Waals surface area contributed by atoms with E-state index in [4.69, 9.17) is 5.11 Å². The van der Waals surface area contributed by atoms with Crippen molar-refractivity contribution in [3.8, 4) is 0 Å². The fourth-order valence-electron chi connectivity index (χ4n) is 1.19. The Bertz CT molecular complexity index is 453. The van der Waals surface area contributed by atoms with Crippen molar-refractivity contribution in [2.24, 2.45) is 4.36 Å². The molecule has 0 aliphatic rings. The van der Waals surface area contributed by atoms with Gasteiger partial charge in [0.25, 0.3) is 0 Å². The SMILES string of the molecule is CO[SH](=O)=N[C@@](C)(C(=O)O)c1ccccc1. The lowest BCUT2D eigenvalue weighted by molar-refractivity contribution is -0.142. The molecular weight excluding hydrogens is 230 g/mol. The third-order valence-corrected chi connectivity index (χ3v) is 3.07. The van der Waals surface area contributed by atoms with Crippen molar-refractivity contribution in [2.75, 3.05) is 7.11 Å². The van der Waals surface area contributed by atoms with Crippen LogP contribution in [0.1, 0.15) is 12.5 Å². The highest BCUT2D eigenvalue weighted by Gasteiger charge is 2.35. The molecule has 1 aromatic rings. The molecule has 16 heavy (non-hydrogen) atoms. The summed E-state index contributed by atoms with van der Waals surface area (Å²) in [5.41, 5.74) is -1.09. The van der Waals surface area contributed by atoms with E-state index in [-0.39, 0.29) is 0 Å². The summed E-state index contributed by atoms with van der Waals surface area (Å²) in [4.78, 5) is 11.2. The first-order valence-electron chi connectivity index (χ1n) is 4.54. The fraction of sp³-hybridized carbons (Fsp3) is 0.300. The van der Waals surface area contributed by atoms with Gasteiger partial charge in [-0.05, 0) is 12.5 Å². The van der Waals surface area contributed by atoms with Crippen LogP contribution in [0.4, 0.5) is 0 Å². The summed E-state index contributed by atoms with van der Waals surface area (Å²) in [7, 11) is -1.11. The standard InChI is InChI=1S/C10H13NO4S/c1-10(9(12)13,11-16(14)15-2)8-6-4-3-5-7-8/h3-7,16H,1-2H3,(H,12,13)/t10-/m1/s1. The largest absolute Gasteiger partial charge is 0.479 e. The topological polar surface area (TPSA) is 76.0 Å². The summed E-state index contributed by atoms with van der Waals surface area (Å²) in [6.45, 7) is 1.39. The van der Waals surface area contributed by atoms with Crippen molar-refractivity contribution in [2.45, 2.75) is 12.5 Å². The van der Waals surface area contributed by atoms with E-state index < -0.39 is 22.4 Å². The third-order valence-electron chi connectivity index (χ3n) is 2.19. The molecule has 0 saturated carbocycles. The molecular formula is C10H13NO4S. The van der Waals surface area contributed by atoms with E-state index in [1.807, 2.05) is 0 Å². The molecule has 0 fully saturated rings. The lowest BCUT2D eigenvalue weighted by Gasteiger charge is -2.19. The third kappa shape index (κ3) is 2.59. The first kappa shape index (κ1) is 12.7. The highest BCUT2D eigenvalue weighted by atomic mass is 32.2. The van der Waals surface area contributed by atoms with Gasteiger partial charge in [0.15, 0.2) is 16.4 Å². The Kier molecular flexibility index (Phi) is 4.03. The summed E-state index contributed by atoms with van der Waals surface area (Å²) in [5, 5.41) is 9.15. The van der Waals surface area contributed by atoms with E-state index in [1.165, 1.54) is 14.0 Å². The smallest absolute Gasteiger partial charge is 0.336 e. The summed E-state index contributed by atoms with van der Waals surface area (Å²) in [5.74, 6) is -1.17. The average molecular weight is 243 g/mol. The van der Waals surface area contributed by atoms with E-state index in [9.17, 15) is 9.00 Å². The van der Waals surface area contributed by atoms with E-state index >= 15 is 0 Å². The Morgan fingerprint density at radius 3 is 2.44 bits per heavy atom. The molecule has 6 heteroatoms. The van der Waals surface area contributed by atoms with Crippen LogP contribution >= 0.6 is 0 Å². The van der Waals surface area contributed by atoms with Gasteiger partial charge in [-0.25, -0.2) is 9.00 Å². The monoisotopic (exact) mass is 243 g/mol. The van der Waals surface area contributed by atoms with Gasteiger partial charge in [-0.2, -0.15) is 4.36 Å². The zero-order valence-corrected chi connectivity index (χ0v) is 9.85. The summed E-state index contributed by atoms with van der Waals surface area (Å²) in [6.07, 6.45) is 0. The lowest BCUT2D eigenvalue weighted by Crippen LogP contribution is -2.30. The van der Waals surface area contributed by atoms with Gasteiger partial charge in [0, 0.05) is 0 Å². The molecule has 0 aliphatic carbocycles. The Morgan fingerprint density at radius 2 is 2.00 bits per heavy atom. The predicted molar refractivity (Wildman–Crippen MR) is 60.4 cm³/mol. The lowest BCUT2D eigenvalue weighted by atomic mass is 9.94. The number of hydrogen-bond donors (Lipinski definition) is 2. The van der Waals surface area contributed by atoms with Crippen molar-refractivity contribution in [1.29, 1.82) is 0 Å². The molecule has 0 saturated heterocycles. The molecule has 0 spiro atoms. The first-order valence-corrected chi connectivity index (χ1v) is 5.67. The molecule has 2 atom stereocenters. The average Bonchev–Trinajstić information content (AvgIpc) is 2.29. The molecule has 1 unspecified atom stereocenters. The number of aliphatic carboxylic acids is 1. The molecule has 0 aliphatic heterocycles. The van der Waals surface area contributed by atoms with Gasteiger partial charge in [0.05, 0.1) is 7.11 Å². The van der Waals surface area contributed by atoms with E-state index in [2.05, 4.69) is 8.55 Å². The van der Waals surface area contributed by atoms with Crippen LogP contribution in [0.2, 0.25) is 0 Å². The van der Waals surface area contributed by atoms with Gasteiger partial charge in [-0.3, -0.25) is 4.18 Å². The molecule has 5 nitrogen and oxygen atoms in total. The number of carboxylic acid groups (broad SMARTS) is 1. The number of carbonyl (C=O) groups is 1. The number of benzene rings is 1. The fourth-order valence-corrected chi connectivity index (χ4v) is 1.80. The minimum atomic E-state index is -2.33. The molecule has 0 amide bonds. The van der Waals surface area contributed by atoms with Crippen molar-refractivity contribution in [3.05, 3.63) is 35.9 Å². The van der Waals surface area contributed by atoms with Crippen molar-refractivity contribution in [3.63, 3.8) is 0 Å². The van der Waals surface area contributed by atoms with Crippen LogP contribution < -0.4 is 0 Å². The molecule has 0 bridgehead atoms. The summed E-state index contributed by atoms with van der Waals surface area (Å²) >= 11 is 0. The molecule has 1 N–H and O–H groups in total. The maximum atomic E-state index is 11.2. The zero-order valence-electron chi connectivity index (χ0n) is 8.95. The molecule has 0 radical (unpaired) electrons. The van der Waals surface area contributed by atoms with Crippen molar-refractivity contribution < 1.29 is 18.3 Å². The second-order valence-corrected chi connectivity index (χ2v) is 4.30. The predicted octanol–water partition coefficient (Wildman–Crippen LogP) is 1.21. The maximum absolute atomic E-state index is 11.2. The van der Waals surface area contributed by atoms with E-state index in [0.29, 0.717) is 5.56 Å². The first-order chi connectivity index (χ1) is 7.50. The summed E-state index contributed by atoms with van der Waals surface area (Å²) < 4.78 is 19.4. The number of nitrogens with zero attached hydrogens (tertiary/aromatic N) is 1. The highest BCUT2D eigenvalue weighted by Crippen LogP contribution is 2.25. The number of rotatable bonds is 4. The zero-order chi connectivity index (χ0) is 12.2. The van der Waals surface area contributed by atoms with Crippen molar-refractivity contribution >= 4 is 16.8 Å². The van der Waals surface area contributed by atoms with Crippen LogP contribution in [0.15, 0.2) is 34.7 Å². The van der Waals surface area contributed by atoms with Crippen LogP contribution in [0.3, 0.4) is 0 Å². The van der Waals surface area contributed by atoms with Crippen LogP contribution in [-0.4, -0.2) is 22.4 Å². The van der Waals surface area contributed by atoms with Gasteiger partial charge in [-0.15, -0.1) is 0 Å². The van der Waals surface area contributed by atoms with Crippen molar-refractivity contribution in [1.82, 2.24) is 0 Å². The van der Waals surface area contributed by atoms with E-state index in [1.54, 1.807) is 30.3 Å². The molecule has 0 aromatic heterocycles. The van der Waals surface area contributed by atoms with Crippen LogP contribution in [0.5, 0.6) is 0 Å². The van der Waals surface area contributed by atoms with Gasteiger partial charge < -0.3 is 5.11 Å². The van der Waals surface area contributed by atoms with Crippen LogP contribution in [-0.2, 0) is 25.4 Å². The van der Waals surface area contributed by atoms with Gasteiger partial charge >= 0.3 is 5.97 Å². The quantitative estimate of drug-likeness (QED) is 0.779. The Hall–Kier alpha value is -1.40. The Balaban J connectivity index is 3.29. The van der Waals surface area contributed by atoms with E-state index in [0.717, 1.165) is 0 Å². The van der Waals surface area contributed by atoms with Crippen LogP contribution in [0, 0.1) is 0 Å². The van der Waals surface area contributed by atoms with Gasteiger partial charge in [0.1, 0.15) is 0 Å². The van der Waals surface area contributed by atoms with Gasteiger partial charge in [0.2, 0.25) is 0 Å². The second-order valence-electron chi connectivity index (χ2n) is 3.26. The molecule has 1 aromatic carbocycles. The molecule has 0 heterocycles. The second kappa shape index (κ2) is 5.09. The Morgan fingerprint density at radius 1 is 1.44 bits per heavy atom. The number of hydrogen-bond acceptors (Lipinski definition) is 4. The highest BCUT2D eigenvalue weighted by molar-refractivity contribution is 7.69. The maximum Gasteiger partial charge on any atom is 0.336 e. The minimum Gasteiger partial charge on any atom is -0.479 e. The number of carboxylic acids is 1. The number of thiol groups is 1. The molecule has 88 valence electrons. The van der Waals surface area contributed by atoms with Crippen LogP contribution in [0.25, 0.3) is 0 Å². The van der Waals surface area contributed by atoms with Gasteiger partial charge in [-0.1, -0.05) is 30.3 Å².